The molecule has 1 fully saturated rings. The van der Waals surface area contributed by atoms with Crippen LogP contribution in [0, 0.1) is 5.92 Å². The van der Waals surface area contributed by atoms with E-state index in [-0.39, 0.29) is 18.4 Å². The van der Waals surface area contributed by atoms with Gasteiger partial charge in [0.15, 0.2) is 9.84 Å². The number of sulfone groups is 1. The van der Waals surface area contributed by atoms with Crippen LogP contribution in [0.25, 0.3) is 0 Å². The molecule has 4 nitrogen and oxygen atoms in total. The number of methoxy groups -OCH3 is 1. The molecule has 0 radical (unpaired) electrons. The molecule has 116 valence electrons. The second kappa shape index (κ2) is 5.74. The van der Waals surface area contributed by atoms with Gasteiger partial charge >= 0.3 is 0 Å². The highest BCUT2D eigenvalue weighted by molar-refractivity contribution is 7.92. The van der Waals surface area contributed by atoms with Gasteiger partial charge in [0.25, 0.3) is 0 Å². The standard InChI is InChI=1S/C17H18O4S/c1-21-13-9-7-12(8-10-13)16-15(11-18)17(16)22(19,20)14-5-3-2-4-6-14/h2-10,15-18H,11H2,1H3. The first-order valence-electron chi connectivity index (χ1n) is 7.13. The average molecular weight is 318 g/mol. The molecule has 0 heterocycles. The summed E-state index contributed by atoms with van der Waals surface area (Å²) < 4.78 is 30.6. The lowest BCUT2D eigenvalue weighted by atomic mass is 10.1. The molecule has 0 aromatic heterocycles. The van der Waals surface area contributed by atoms with Gasteiger partial charge in [-0.25, -0.2) is 8.42 Å². The quantitative estimate of drug-likeness (QED) is 0.918. The number of aliphatic hydroxyl groups excluding tert-OH is 1. The topological polar surface area (TPSA) is 63.6 Å². The van der Waals surface area contributed by atoms with Crippen molar-refractivity contribution in [2.24, 2.45) is 5.92 Å². The van der Waals surface area contributed by atoms with Crippen LogP contribution in [0.1, 0.15) is 11.5 Å². The van der Waals surface area contributed by atoms with Gasteiger partial charge in [0.05, 0.1) is 17.3 Å². The fourth-order valence-electron chi connectivity index (χ4n) is 3.01. The van der Waals surface area contributed by atoms with Crippen molar-refractivity contribution in [2.45, 2.75) is 16.1 Å². The Hall–Kier alpha value is -1.85. The van der Waals surface area contributed by atoms with Gasteiger partial charge in [0.2, 0.25) is 0 Å². The maximum atomic E-state index is 12.7. The summed E-state index contributed by atoms with van der Waals surface area (Å²) >= 11 is 0. The molecule has 1 N–H and O–H groups in total. The Balaban J connectivity index is 1.91. The molecule has 1 aliphatic carbocycles. The van der Waals surface area contributed by atoms with E-state index in [2.05, 4.69) is 0 Å². The Morgan fingerprint density at radius 3 is 2.23 bits per heavy atom. The largest absolute Gasteiger partial charge is 0.497 e. The smallest absolute Gasteiger partial charge is 0.182 e. The predicted molar refractivity (Wildman–Crippen MR) is 83.7 cm³/mol. The van der Waals surface area contributed by atoms with Gasteiger partial charge in [0.1, 0.15) is 5.75 Å². The maximum absolute atomic E-state index is 12.7. The van der Waals surface area contributed by atoms with Gasteiger partial charge in [0, 0.05) is 18.4 Å². The summed E-state index contributed by atoms with van der Waals surface area (Å²) in [5.74, 6) is 0.312. The number of rotatable bonds is 5. The lowest BCUT2D eigenvalue weighted by Gasteiger charge is -2.05. The summed E-state index contributed by atoms with van der Waals surface area (Å²) in [6.07, 6.45) is 0. The van der Waals surface area contributed by atoms with Crippen molar-refractivity contribution in [1.29, 1.82) is 0 Å². The molecule has 1 aliphatic rings. The Labute approximate surface area is 130 Å². The molecule has 3 rings (SSSR count). The summed E-state index contributed by atoms with van der Waals surface area (Å²) in [6, 6.07) is 15.8. The van der Waals surface area contributed by atoms with Crippen molar-refractivity contribution in [3.8, 4) is 5.75 Å². The van der Waals surface area contributed by atoms with Gasteiger partial charge in [-0.3, -0.25) is 0 Å². The highest BCUT2D eigenvalue weighted by Crippen LogP contribution is 2.53. The molecular formula is C17H18O4S. The highest BCUT2D eigenvalue weighted by Gasteiger charge is 2.58. The first-order chi connectivity index (χ1) is 10.6. The van der Waals surface area contributed by atoms with Crippen LogP contribution in [0.4, 0.5) is 0 Å². The third-order valence-corrected chi connectivity index (χ3v) is 6.53. The van der Waals surface area contributed by atoms with E-state index in [4.69, 9.17) is 4.74 Å². The zero-order chi connectivity index (χ0) is 15.7. The summed E-state index contributed by atoms with van der Waals surface area (Å²) in [6.45, 7) is -0.132. The summed E-state index contributed by atoms with van der Waals surface area (Å²) in [4.78, 5) is 0.314. The minimum Gasteiger partial charge on any atom is -0.497 e. The van der Waals surface area contributed by atoms with Crippen molar-refractivity contribution >= 4 is 9.84 Å². The number of hydrogen-bond donors (Lipinski definition) is 1. The van der Waals surface area contributed by atoms with Gasteiger partial charge in [-0.15, -0.1) is 0 Å². The van der Waals surface area contributed by atoms with Crippen LogP contribution in [0.3, 0.4) is 0 Å². The van der Waals surface area contributed by atoms with E-state index < -0.39 is 15.1 Å². The molecule has 0 aliphatic heterocycles. The first-order valence-corrected chi connectivity index (χ1v) is 8.68. The van der Waals surface area contributed by atoms with Gasteiger partial charge in [-0.2, -0.15) is 0 Å². The Morgan fingerprint density at radius 1 is 1.05 bits per heavy atom. The number of aliphatic hydroxyl groups is 1. The summed E-state index contributed by atoms with van der Waals surface area (Å²) in [7, 11) is -1.84. The highest BCUT2D eigenvalue weighted by atomic mass is 32.2. The van der Waals surface area contributed by atoms with E-state index in [9.17, 15) is 13.5 Å². The second-order valence-electron chi connectivity index (χ2n) is 5.47. The summed E-state index contributed by atoms with van der Waals surface area (Å²) in [5.41, 5.74) is 0.921. The van der Waals surface area contributed by atoms with Gasteiger partial charge in [-0.1, -0.05) is 30.3 Å². The van der Waals surface area contributed by atoms with Crippen molar-refractivity contribution in [3.05, 3.63) is 60.2 Å². The minimum atomic E-state index is -3.43. The minimum absolute atomic E-state index is 0.132. The Morgan fingerprint density at radius 2 is 1.68 bits per heavy atom. The van der Waals surface area contributed by atoms with Crippen LogP contribution in [-0.2, 0) is 9.84 Å². The van der Waals surface area contributed by atoms with Crippen LogP contribution in [0.5, 0.6) is 5.75 Å². The zero-order valence-electron chi connectivity index (χ0n) is 12.2. The number of ether oxygens (including phenoxy) is 1. The SMILES string of the molecule is COc1ccc(C2C(CO)C2S(=O)(=O)c2ccccc2)cc1. The number of hydrogen-bond acceptors (Lipinski definition) is 4. The van der Waals surface area contributed by atoms with E-state index in [0.29, 0.717) is 4.90 Å². The van der Waals surface area contributed by atoms with Crippen molar-refractivity contribution < 1.29 is 18.3 Å². The molecule has 0 spiro atoms. The maximum Gasteiger partial charge on any atom is 0.182 e. The molecule has 22 heavy (non-hydrogen) atoms. The molecule has 3 unspecified atom stereocenters. The van der Waals surface area contributed by atoms with Gasteiger partial charge < -0.3 is 9.84 Å². The van der Waals surface area contributed by atoms with Crippen molar-refractivity contribution in [1.82, 2.24) is 0 Å². The Kier molecular flexibility index (Phi) is 3.93. The fraction of sp³-hybridized carbons (Fsp3) is 0.294. The van der Waals surface area contributed by atoms with E-state index >= 15 is 0 Å². The van der Waals surface area contributed by atoms with E-state index in [1.54, 1.807) is 37.4 Å². The van der Waals surface area contributed by atoms with Crippen molar-refractivity contribution in [3.63, 3.8) is 0 Å². The molecular weight excluding hydrogens is 300 g/mol. The van der Waals surface area contributed by atoms with Crippen molar-refractivity contribution in [2.75, 3.05) is 13.7 Å². The van der Waals surface area contributed by atoms with Crippen LogP contribution in [0.15, 0.2) is 59.5 Å². The first kappa shape index (κ1) is 15.1. The molecule has 5 heteroatoms. The molecule has 0 bridgehead atoms. The molecule has 1 saturated carbocycles. The molecule has 0 saturated heterocycles. The molecule has 2 aromatic rings. The molecule has 0 amide bonds. The van der Waals surface area contributed by atoms with Crippen LogP contribution in [-0.4, -0.2) is 32.5 Å². The molecule has 2 aromatic carbocycles. The molecule has 3 atom stereocenters. The normalized spacial score (nSPS) is 24.0. The van der Waals surface area contributed by atoms with Crippen LogP contribution < -0.4 is 4.74 Å². The van der Waals surface area contributed by atoms with E-state index in [1.165, 1.54) is 0 Å². The van der Waals surface area contributed by atoms with Crippen LogP contribution >= 0.6 is 0 Å². The van der Waals surface area contributed by atoms with E-state index in [0.717, 1.165) is 11.3 Å². The zero-order valence-corrected chi connectivity index (χ0v) is 13.0. The third-order valence-electron chi connectivity index (χ3n) is 4.24. The summed E-state index contributed by atoms with van der Waals surface area (Å²) in [5, 5.41) is 8.97. The van der Waals surface area contributed by atoms with E-state index in [1.807, 2.05) is 24.3 Å². The number of benzene rings is 2. The third kappa shape index (κ3) is 2.51. The monoisotopic (exact) mass is 318 g/mol. The average Bonchev–Trinajstić information content (AvgIpc) is 3.31. The predicted octanol–water partition coefficient (Wildman–Crippen LogP) is 2.24. The Bertz CT molecular complexity index is 738. The second-order valence-corrected chi connectivity index (χ2v) is 7.57. The lowest BCUT2D eigenvalue weighted by molar-refractivity contribution is 0.274. The van der Waals surface area contributed by atoms with Gasteiger partial charge in [-0.05, 0) is 29.8 Å². The van der Waals surface area contributed by atoms with Crippen LogP contribution in [0.2, 0.25) is 0 Å². The fourth-order valence-corrected chi connectivity index (χ4v) is 5.23. The lowest BCUT2D eigenvalue weighted by Crippen LogP contribution is -2.11.